The number of nitrogens with zero attached hydrogens (tertiary/aromatic N) is 1. The Hall–Kier alpha value is -2.10. The number of hydrogen-bond donors (Lipinski definition) is 3. The number of rotatable bonds is 7. The Labute approximate surface area is 118 Å². The molecular weight excluding hydrogens is 258 g/mol. The van der Waals surface area contributed by atoms with Crippen molar-refractivity contribution in [2.75, 3.05) is 20.2 Å². The number of carbonyl (C=O) groups excluding carboxylic acids is 1. The van der Waals surface area contributed by atoms with E-state index in [4.69, 9.17) is 10.00 Å². The van der Waals surface area contributed by atoms with E-state index in [-0.39, 0.29) is 25.1 Å². The van der Waals surface area contributed by atoms with E-state index in [1.54, 1.807) is 38.2 Å². The predicted octanol–water partition coefficient (Wildman–Crippen LogP) is 0.0221. The maximum Gasteiger partial charge on any atom is 0.236 e. The Balaban J connectivity index is 2.30. The van der Waals surface area contributed by atoms with E-state index >= 15 is 0 Å². The van der Waals surface area contributed by atoms with Crippen LogP contribution >= 0.6 is 0 Å². The molecule has 1 rings (SSSR count). The van der Waals surface area contributed by atoms with E-state index in [1.165, 1.54) is 0 Å². The minimum atomic E-state index is -0.724. The van der Waals surface area contributed by atoms with Gasteiger partial charge in [0, 0.05) is 13.6 Å². The smallest absolute Gasteiger partial charge is 0.236 e. The van der Waals surface area contributed by atoms with Gasteiger partial charge in [-0.1, -0.05) is 0 Å². The van der Waals surface area contributed by atoms with Crippen LogP contribution in [0.2, 0.25) is 0 Å². The topological polar surface area (TPSA) is 94.4 Å². The Morgan fingerprint density at radius 2 is 2.10 bits per heavy atom. The molecule has 0 fully saturated rings. The molecule has 0 radical (unpaired) electrons. The molecule has 0 aliphatic heterocycles. The maximum atomic E-state index is 11.3. The van der Waals surface area contributed by atoms with Crippen LogP contribution in [0.5, 0.6) is 5.75 Å². The zero-order valence-electron chi connectivity index (χ0n) is 11.6. The molecule has 0 saturated heterocycles. The quantitative estimate of drug-likeness (QED) is 0.653. The minimum Gasteiger partial charge on any atom is -0.491 e. The fourth-order valence-electron chi connectivity index (χ4n) is 1.50. The summed E-state index contributed by atoms with van der Waals surface area (Å²) in [4.78, 5) is 11.3. The van der Waals surface area contributed by atoms with E-state index in [9.17, 15) is 9.90 Å². The molecule has 2 atom stereocenters. The van der Waals surface area contributed by atoms with E-state index in [1.807, 2.05) is 6.07 Å². The molecule has 3 N–H and O–H groups in total. The third-order valence-electron chi connectivity index (χ3n) is 2.73. The lowest BCUT2D eigenvalue weighted by Crippen LogP contribution is -2.44. The van der Waals surface area contributed by atoms with E-state index in [2.05, 4.69) is 10.6 Å². The largest absolute Gasteiger partial charge is 0.491 e. The molecule has 1 amide bonds. The van der Waals surface area contributed by atoms with Crippen molar-refractivity contribution in [3.63, 3.8) is 0 Å². The molecule has 0 saturated carbocycles. The van der Waals surface area contributed by atoms with Crippen molar-refractivity contribution >= 4 is 5.91 Å². The second-order valence-electron chi connectivity index (χ2n) is 4.35. The van der Waals surface area contributed by atoms with Crippen molar-refractivity contribution in [3.05, 3.63) is 29.8 Å². The van der Waals surface area contributed by atoms with Crippen LogP contribution < -0.4 is 15.4 Å². The molecule has 0 aliphatic carbocycles. The molecule has 108 valence electrons. The van der Waals surface area contributed by atoms with Gasteiger partial charge in [0.25, 0.3) is 0 Å². The monoisotopic (exact) mass is 277 g/mol. The SMILES string of the molecule is CNC(=O)C(C)NCC(O)COc1ccc(C#N)cc1. The van der Waals surface area contributed by atoms with Gasteiger partial charge in [0.2, 0.25) is 5.91 Å². The zero-order chi connectivity index (χ0) is 15.0. The third-order valence-corrected chi connectivity index (χ3v) is 2.73. The van der Waals surface area contributed by atoms with Crippen LogP contribution in [0, 0.1) is 11.3 Å². The van der Waals surface area contributed by atoms with Crippen molar-refractivity contribution in [1.29, 1.82) is 5.26 Å². The van der Waals surface area contributed by atoms with Gasteiger partial charge in [0.15, 0.2) is 0 Å². The van der Waals surface area contributed by atoms with Crippen molar-refractivity contribution in [1.82, 2.24) is 10.6 Å². The number of carbonyl (C=O) groups is 1. The van der Waals surface area contributed by atoms with Crippen LogP contribution in [0.3, 0.4) is 0 Å². The van der Waals surface area contributed by atoms with Crippen molar-refractivity contribution in [2.45, 2.75) is 19.1 Å². The van der Waals surface area contributed by atoms with Gasteiger partial charge in [-0.3, -0.25) is 4.79 Å². The standard InChI is InChI=1S/C14H19N3O3/c1-10(14(19)16-2)17-8-12(18)9-20-13-5-3-11(7-15)4-6-13/h3-6,10,12,17-18H,8-9H2,1-2H3,(H,16,19). The van der Waals surface area contributed by atoms with E-state index < -0.39 is 6.10 Å². The first kappa shape index (κ1) is 16.0. The summed E-state index contributed by atoms with van der Waals surface area (Å²) in [5.74, 6) is 0.451. The number of hydrogen-bond acceptors (Lipinski definition) is 5. The van der Waals surface area contributed by atoms with Crippen molar-refractivity contribution in [3.8, 4) is 11.8 Å². The lowest BCUT2D eigenvalue weighted by Gasteiger charge is -2.16. The summed E-state index contributed by atoms with van der Waals surface area (Å²) in [6, 6.07) is 8.28. The summed E-state index contributed by atoms with van der Waals surface area (Å²) in [7, 11) is 1.56. The highest BCUT2D eigenvalue weighted by atomic mass is 16.5. The summed E-state index contributed by atoms with van der Waals surface area (Å²) in [6.07, 6.45) is -0.724. The predicted molar refractivity (Wildman–Crippen MR) is 74.2 cm³/mol. The number of aliphatic hydroxyl groups is 1. The Morgan fingerprint density at radius 1 is 1.45 bits per heavy atom. The number of benzene rings is 1. The maximum absolute atomic E-state index is 11.3. The molecule has 6 heteroatoms. The first-order valence-corrected chi connectivity index (χ1v) is 6.32. The number of nitrogens with one attached hydrogen (secondary N) is 2. The van der Waals surface area contributed by atoms with Gasteiger partial charge >= 0.3 is 0 Å². The Kier molecular flexibility index (Phi) is 6.50. The number of nitriles is 1. The fourth-order valence-corrected chi connectivity index (χ4v) is 1.50. The molecule has 0 aliphatic rings. The van der Waals surface area contributed by atoms with E-state index in [0.717, 1.165) is 0 Å². The first-order valence-electron chi connectivity index (χ1n) is 6.32. The highest BCUT2D eigenvalue weighted by Crippen LogP contribution is 2.11. The highest BCUT2D eigenvalue weighted by Gasteiger charge is 2.12. The molecule has 0 bridgehead atoms. The van der Waals surface area contributed by atoms with Gasteiger partial charge in [0.1, 0.15) is 18.5 Å². The lowest BCUT2D eigenvalue weighted by atomic mass is 10.2. The number of amides is 1. The molecular formula is C14H19N3O3. The number of aliphatic hydroxyl groups excluding tert-OH is 1. The van der Waals surface area contributed by atoms with Crippen LogP contribution in [0.15, 0.2) is 24.3 Å². The van der Waals surface area contributed by atoms with Crippen LogP contribution in [-0.2, 0) is 4.79 Å². The summed E-state index contributed by atoms with van der Waals surface area (Å²) in [5.41, 5.74) is 0.555. The lowest BCUT2D eigenvalue weighted by molar-refractivity contribution is -0.122. The molecule has 6 nitrogen and oxygen atoms in total. The molecule has 0 heterocycles. The van der Waals surface area contributed by atoms with Crippen molar-refractivity contribution < 1.29 is 14.6 Å². The number of ether oxygens (including phenoxy) is 1. The molecule has 0 spiro atoms. The molecule has 1 aromatic rings. The third kappa shape index (κ3) is 5.26. The van der Waals surface area contributed by atoms with Crippen LogP contribution in [0.4, 0.5) is 0 Å². The van der Waals surface area contributed by atoms with Gasteiger partial charge in [-0.05, 0) is 31.2 Å². The van der Waals surface area contributed by atoms with Crippen molar-refractivity contribution in [2.24, 2.45) is 0 Å². The average Bonchev–Trinajstić information content (AvgIpc) is 2.50. The van der Waals surface area contributed by atoms with Gasteiger partial charge in [-0.15, -0.1) is 0 Å². The summed E-state index contributed by atoms with van der Waals surface area (Å²) >= 11 is 0. The highest BCUT2D eigenvalue weighted by molar-refractivity contribution is 5.80. The average molecular weight is 277 g/mol. The van der Waals surface area contributed by atoms with Gasteiger partial charge in [-0.2, -0.15) is 5.26 Å². The summed E-state index contributed by atoms with van der Waals surface area (Å²) in [5, 5.41) is 23.8. The van der Waals surface area contributed by atoms with Crippen LogP contribution in [0.1, 0.15) is 12.5 Å². The Morgan fingerprint density at radius 3 is 2.65 bits per heavy atom. The van der Waals surface area contributed by atoms with Crippen LogP contribution in [-0.4, -0.2) is 43.4 Å². The molecule has 20 heavy (non-hydrogen) atoms. The second-order valence-corrected chi connectivity index (χ2v) is 4.35. The molecule has 0 aromatic heterocycles. The normalized spacial score (nSPS) is 13.1. The fraction of sp³-hybridized carbons (Fsp3) is 0.429. The van der Waals surface area contributed by atoms with Gasteiger partial charge < -0.3 is 20.5 Å². The Bertz CT molecular complexity index is 468. The van der Waals surface area contributed by atoms with Gasteiger partial charge in [-0.25, -0.2) is 0 Å². The minimum absolute atomic E-state index is 0.110. The van der Waals surface area contributed by atoms with Gasteiger partial charge in [0.05, 0.1) is 17.7 Å². The van der Waals surface area contributed by atoms with Crippen LogP contribution in [0.25, 0.3) is 0 Å². The summed E-state index contributed by atoms with van der Waals surface area (Å²) < 4.78 is 5.39. The second kappa shape index (κ2) is 8.15. The summed E-state index contributed by atoms with van der Waals surface area (Å²) in [6.45, 7) is 2.08. The van der Waals surface area contributed by atoms with E-state index in [0.29, 0.717) is 11.3 Å². The zero-order valence-corrected chi connectivity index (χ0v) is 11.6. The number of likely N-dealkylation sites (N-methyl/N-ethyl adjacent to an activating group) is 1. The molecule has 1 aromatic carbocycles. The first-order chi connectivity index (χ1) is 9.56. The molecule has 2 unspecified atom stereocenters.